The van der Waals surface area contributed by atoms with Gasteiger partial charge in [-0.05, 0) is 31.4 Å². The summed E-state index contributed by atoms with van der Waals surface area (Å²) in [6.45, 7) is -0.150. The number of amides is 2. The summed E-state index contributed by atoms with van der Waals surface area (Å²) >= 11 is 0. The maximum atomic E-state index is 12.9. The van der Waals surface area contributed by atoms with Crippen LogP contribution in [0.25, 0.3) is 0 Å². The van der Waals surface area contributed by atoms with Gasteiger partial charge in [0.1, 0.15) is 6.54 Å². The number of carbonyl (C=O) groups excluding carboxylic acids is 2. The number of hydrogen-bond donors (Lipinski definition) is 1. The normalized spacial score (nSPS) is 24.8. The molecule has 2 atom stereocenters. The molecular formula is C16H17F3N2O2. The van der Waals surface area contributed by atoms with Crippen LogP contribution >= 0.6 is 0 Å². The maximum absolute atomic E-state index is 12.9. The molecule has 7 heteroatoms. The number of carbonyl (C=O) groups is 2. The zero-order valence-corrected chi connectivity index (χ0v) is 12.4. The SMILES string of the molecule is O=C1CN(C(=O)[C@H]2CCC[C@H](C(F)(F)F)C2)c2ccccc2N1. The Balaban J connectivity index is 1.82. The molecule has 0 unspecified atom stereocenters. The lowest BCUT2D eigenvalue weighted by molar-refractivity contribution is -0.186. The van der Waals surface area contributed by atoms with Crippen LogP contribution in [-0.2, 0) is 9.59 Å². The van der Waals surface area contributed by atoms with E-state index in [1.165, 1.54) is 4.90 Å². The molecule has 2 amide bonds. The Hall–Kier alpha value is -2.05. The fourth-order valence-corrected chi connectivity index (χ4v) is 3.36. The van der Waals surface area contributed by atoms with Crippen molar-refractivity contribution in [2.24, 2.45) is 11.8 Å². The second-order valence-corrected chi connectivity index (χ2v) is 6.09. The molecule has 1 N–H and O–H groups in total. The van der Waals surface area contributed by atoms with Gasteiger partial charge in [0.2, 0.25) is 11.8 Å². The van der Waals surface area contributed by atoms with Crippen molar-refractivity contribution in [1.82, 2.24) is 0 Å². The molecule has 0 bridgehead atoms. The third kappa shape index (κ3) is 3.18. The van der Waals surface area contributed by atoms with E-state index in [-0.39, 0.29) is 31.2 Å². The van der Waals surface area contributed by atoms with Crippen LogP contribution in [0.1, 0.15) is 25.7 Å². The molecule has 124 valence electrons. The van der Waals surface area contributed by atoms with Gasteiger partial charge < -0.3 is 10.2 Å². The Morgan fingerprint density at radius 3 is 2.70 bits per heavy atom. The molecule has 0 saturated heterocycles. The minimum Gasteiger partial charge on any atom is -0.323 e. The number of hydrogen-bond acceptors (Lipinski definition) is 2. The third-order valence-electron chi connectivity index (χ3n) is 4.52. The van der Waals surface area contributed by atoms with E-state index in [1.807, 2.05) is 0 Å². The Bertz CT molecular complexity index is 630. The lowest BCUT2D eigenvalue weighted by atomic mass is 9.80. The highest BCUT2D eigenvalue weighted by atomic mass is 19.4. The topological polar surface area (TPSA) is 49.4 Å². The smallest absolute Gasteiger partial charge is 0.323 e. The Morgan fingerprint density at radius 2 is 1.96 bits per heavy atom. The van der Waals surface area contributed by atoms with Crippen molar-refractivity contribution in [3.8, 4) is 0 Å². The molecule has 1 heterocycles. The summed E-state index contributed by atoms with van der Waals surface area (Å²) < 4.78 is 38.8. The van der Waals surface area contributed by atoms with E-state index >= 15 is 0 Å². The largest absolute Gasteiger partial charge is 0.391 e. The van der Waals surface area contributed by atoms with Crippen molar-refractivity contribution in [2.45, 2.75) is 31.9 Å². The van der Waals surface area contributed by atoms with Crippen LogP contribution in [0.15, 0.2) is 24.3 Å². The maximum Gasteiger partial charge on any atom is 0.391 e. The molecule has 23 heavy (non-hydrogen) atoms. The second-order valence-electron chi connectivity index (χ2n) is 6.09. The third-order valence-corrected chi connectivity index (χ3v) is 4.52. The van der Waals surface area contributed by atoms with Gasteiger partial charge in [-0.1, -0.05) is 18.6 Å². The molecule has 1 aromatic carbocycles. The van der Waals surface area contributed by atoms with Gasteiger partial charge in [-0.15, -0.1) is 0 Å². The number of fused-ring (bicyclic) bond motifs is 1. The molecule has 1 saturated carbocycles. The molecule has 4 nitrogen and oxygen atoms in total. The first-order valence-electron chi connectivity index (χ1n) is 7.63. The molecule has 1 aliphatic carbocycles. The van der Waals surface area contributed by atoms with Gasteiger partial charge in [0, 0.05) is 5.92 Å². The molecule has 1 aromatic rings. The highest BCUT2D eigenvalue weighted by Gasteiger charge is 2.44. The number of anilines is 2. The molecule has 1 aliphatic heterocycles. The first-order chi connectivity index (χ1) is 10.9. The predicted molar refractivity (Wildman–Crippen MR) is 78.9 cm³/mol. The van der Waals surface area contributed by atoms with Gasteiger partial charge >= 0.3 is 6.18 Å². The number of nitrogens with zero attached hydrogens (tertiary/aromatic N) is 1. The van der Waals surface area contributed by atoms with E-state index in [0.29, 0.717) is 24.2 Å². The monoisotopic (exact) mass is 326 g/mol. The van der Waals surface area contributed by atoms with Gasteiger partial charge in [-0.3, -0.25) is 9.59 Å². The lowest BCUT2D eigenvalue weighted by Gasteiger charge is -2.35. The quantitative estimate of drug-likeness (QED) is 0.860. The van der Waals surface area contributed by atoms with E-state index < -0.39 is 18.0 Å². The summed E-state index contributed by atoms with van der Waals surface area (Å²) in [5.41, 5.74) is 1.06. The number of benzene rings is 1. The minimum absolute atomic E-state index is 0.0738. The van der Waals surface area contributed by atoms with Gasteiger partial charge in [0.25, 0.3) is 0 Å². The van der Waals surface area contributed by atoms with Crippen LogP contribution in [0, 0.1) is 11.8 Å². The lowest BCUT2D eigenvalue weighted by Crippen LogP contribution is -2.46. The summed E-state index contributed by atoms with van der Waals surface area (Å²) in [6, 6.07) is 6.83. The van der Waals surface area contributed by atoms with Crippen molar-refractivity contribution >= 4 is 23.2 Å². The van der Waals surface area contributed by atoms with Gasteiger partial charge in [0.05, 0.1) is 17.3 Å². The fourth-order valence-electron chi connectivity index (χ4n) is 3.36. The summed E-state index contributed by atoms with van der Waals surface area (Å²) in [5.74, 6) is -2.84. The molecular weight excluding hydrogens is 309 g/mol. The summed E-state index contributed by atoms with van der Waals surface area (Å²) in [6.07, 6.45) is -3.57. The minimum atomic E-state index is -4.27. The zero-order chi connectivity index (χ0) is 16.6. The van der Waals surface area contributed by atoms with Crippen LogP contribution < -0.4 is 10.2 Å². The van der Waals surface area contributed by atoms with E-state index in [2.05, 4.69) is 5.32 Å². The second kappa shape index (κ2) is 5.86. The van der Waals surface area contributed by atoms with Crippen molar-refractivity contribution in [3.63, 3.8) is 0 Å². The van der Waals surface area contributed by atoms with Crippen LogP contribution in [0.3, 0.4) is 0 Å². The van der Waals surface area contributed by atoms with Crippen LogP contribution in [0.4, 0.5) is 24.5 Å². The van der Waals surface area contributed by atoms with Crippen LogP contribution in [0.2, 0.25) is 0 Å². The van der Waals surface area contributed by atoms with Crippen molar-refractivity contribution in [2.75, 3.05) is 16.8 Å². The molecule has 2 aliphatic rings. The highest BCUT2D eigenvalue weighted by Crippen LogP contribution is 2.41. The average Bonchev–Trinajstić information content (AvgIpc) is 2.52. The number of nitrogens with one attached hydrogen (secondary N) is 1. The van der Waals surface area contributed by atoms with Crippen LogP contribution in [-0.4, -0.2) is 24.5 Å². The molecule has 3 rings (SSSR count). The van der Waals surface area contributed by atoms with Crippen molar-refractivity contribution < 1.29 is 22.8 Å². The number of para-hydroxylation sites is 2. The first kappa shape index (κ1) is 15.8. The average molecular weight is 326 g/mol. The van der Waals surface area contributed by atoms with E-state index in [1.54, 1.807) is 24.3 Å². The first-order valence-corrected chi connectivity index (χ1v) is 7.63. The summed E-state index contributed by atoms with van der Waals surface area (Å²) in [4.78, 5) is 25.8. The highest BCUT2D eigenvalue weighted by molar-refractivity contribution is 6.10. The summed E-state index contributed by atoms with van der Waals surface area (Å²) in [5, 5.41) is 2.67. The fraction of sp³-hybridized carbons (Fsp3) is 0.500. The number of halogens is 3. The van der Waals surface area contributed by atoms with E-state index in [9.17, 15) is 22.8 Å². The molecule has 0 radical (unpaired) electrons. The summed E-state index contributed by atoms with van der Waals surface area (Å²) in [7, 11) is 0. The predicted octanol–water partition coefficient (Wildman–Crippen LogP) is 3.34. The van der Waals surface area contributed by atoms with Gasteiger partial charge in [-0.2, -0.15) is 13.2 Å². The zero-order valence-electron chi connectivity index (χ0n) is 12.4. The molecule has 1 fully saturated rings. The Morgan fingerprint density at radius 1 is 1.22 bits per heavy atom. The van der Waals surface area contributed by atoms with Gasteiger partial charge in [0.15, 0.2) is 0 Å². The molecule has 0 spiro atoms. The van der Waals surface area contributed by atoms with Crippen molar-refractivity contribution in [1.29, 1.82) is 0 Å². The standard InChI is InChI=1S/C16H17F3N2O2/c17-16(18,19)11-5-3-4-10(8-11)15(23)21-9-14(22)20-12-6-1-2-7-13(12)21/h1-2,6-7,10-11H,3-5,8-9H2,(H,20,22)/t10-,11-/m0/s1. The number of alkyl halides is 3. The van der Waals surface area contributed by atoms with Crippen molar-refractivity contribution in [3.05, 3.63) is 24.3 Å². The van der Waals surface area contributed by atoms with Crippen LogP contribution in [0.5, 0.6) is 0 Å². The Kier molecular flexibility index (Phi) is 4.04. The molecule has 0 aromatic heterocycles. The Labute approximate surface area is 131 Å². The number of rotatable bonds is 1. The van der Waals surface area contributed by atoms with Gasteiger partial charge in [-0.25, -0.2) is 0 Å². The van der Waals surface area contributed by atoms with E-state index in [4.69, 9.17) is 0 Å². The van der Waals surface area contributed by atoms with E-state index in [0.717, 1.165) is 0 Å².